The molecule has 0 N–H and O–H groups in total. The summed E-state index contributed by atoms with van der Waals surface area (Å²) in [4.78, 5) is 5.45. The van der Waals surface area contributed by atoms with Gasteiger partial charge < -0.3 is 4.74 Å². The number of pyridine rings is 1. The van der Waals surface area contributed by atoms with Gasteiger partial charge in [-0.2, -0.15) is 4.68 Å². The van der Waals surface area contributed by atoms with Crippen LogP contribution in [0.5, 0.6) is 5.88 Å². The number of allylic oxidation sites excluding steroid dienone is 2. The van der Waals surface area contributed by atoms with Crippen molar-refractivity contribution in [3.05, 3.63) is 77.4 Å². The monoisotopic (exact) mass is 413 g/mol. The van der Waals surface area contributed by atoms with Crippen molar-refractivity contribution in [3.8, 4) is 11.7 Å². The van der Waals surface area contributed by atoms with Crippen molar-refractivity contribution in [3.63, 3.8) is 0 Å². The lowest BCUT2D eigenvalue weighted by atomic mass is 10.3. The molecule has 3 aromatic heterocycles. The third-order valence-electron chi connectivity index (χ3n) is 4.14. The molecular formula is C19H14F3N7O. The van der Waals surface area contributed by atoms with Crippen molar-refractivity contribution in [1.29, 1.82) is 0 Å². The Morgan fingerprint density at radius 1 is 1.10 bits per heavy atom. The van der Waals surface area contributed by atoms with Gasteiger partial charge in [0.2, 0.25) is 5.88 Å². The van der Waals surface area contributed by atoms with Gasteiger partial charge in [0.15, 0.2) is 11.6 Å². The van der Waals surface area contributed by atoms with Crippen LogP contribution in [0.4, 0.5) is 19.0 Å². The molecule has 0 radical (unpaired) electrons. The minimum Gasteiger partial charge on any atom is -0.470 e. The number of hydrogen-bond donors (Lipinski definition) is 0. The Morgan fingerprint density at radius 3 is 2.60 bits per heavy atom. The smallest absolute Gasteiger partial charge is 0.265 e. The van der Waals surface area contributed by atoms with E-state index >= 15 is 0 Å². The fraction of sp³-hybridized carbons (Fsp3) is 0.158. The fourth-order valence-electron chi connectivity index (χ4n) is 2.59. The normalized spacial score (nSPS) is 13.1. The Kier molecular flexibility index (Phi) is 5.27. The van der Waals surface area contributed by atoms with Crippen LogP contribution in [-0.4, -0.2) is 30.2 Å². The van der Waals surface area contributed by atoms with E-state index in [4.69, 9.17) is 4.74 Å². The zero-order valence-electron chi connectivity index (χ0n) is 15.6. The van der Waals surface area contributed by atoms with Crippen LogP contribution in [0.2, 0.25) is 0 Å². The first kappa shape index (κ1) is 19.3. The molecule has 0 bridgehead atoms. The van der Waals surface area contributed by atoms with Gasteiger partial charge in [-0.15, -0.1) is 15.3 Å². The fourth-order valence-corrected chi connectivity index (χ4v) is 2.59. The van der Waals surface area contributed by atoms with E-state index in [0.717, 1.165) is 6.20 Å². The summed E-state index contributed by atoms with van der Waals surface area (Å²) in [6.45, 7) is 1.79. The summed E-state index contributed by atoms with van der Waals surface area (Å²) in [5, 5.41) is 16.0. The second-order valence-electron chi connectivity index (χ2n) is 6.16. The van der Waals surface area contributed by atoms with E-state index in [9.17, 15) is 13.2 Å². The molecule has 0 unspecified atom stereocenters. The third kappa shape index (κ3) is 4.06. The molecule has 0 aromatic carbocycles. The van der Waals surface area contributed by atoms with Gasteiger partial charge in [-0.1, -0.05) is 10.9 Å². The predicted octanol–water partition coefficient (Wildman–Crippen LogP) is 3.58. The van der Waals surface area contributed by atoms with E-state index in [-0.39, 0.29) is 18.1 Å². The van der Waals surface area contributed by atoms with Crippen molar-refractivity contribution in [2.24, 2.45) is 0 Å². The minimum atomic E-state index is -2.60. The highest BCUT2D eigenvalue weighted by atomic mass is 19.3. The average molecular weight is 413 g/mol. The number of ether oxygens (including phenoxy) is 1. The highest BCUT2D eigenvalue weighted by Gasteiger charge is 2.15. The van der Waals surface area contributed by atoms with Crippen LogP contribution < -0.4 is 9.64 Å². The molecular weight excluding hydrogens is 399 g/mol. The first-order valence-electron chi connectivity index (χ1n) is 8.72. The molecule has 4 heterocycles. The maximum Gasteiger partial charge on any atom is 0.265 e. The van der Waals surface area contributed by atoms with Crippen molar-refractivity contribution in [2.45, 2.75) is 20.0 Å². The molecule has 4 rings (SSSR count). The van der Waals surface area contributed by atoms with Gasteiger partial charge in [0.1, 0.15) is 18.1 Å². The van der Waals surface area contributed by atoms with Gasteiger partial charge in [-0.3, -0.25) is 4.90 Å². The number of aryl methyl sites for hydroxylation is 1. The standard InChI is InChI=1S/C19H14F3N7O/c1-12-15(29(27-24-12)16-5-4-13(9-23-16)19(21)22)11-30-18-7-6-17(25-26-18)28-8-2-3-14(20)10-28/h3-10,19H,11H2,1H3. The van der Waals surface area contributed by atoms with Gasteiger partial charge in [-0.25, -0.2) is 18.2 Å². The molecule has 8 nitrogen and oxygen atoms in total. The number of nitrogens with zero attached hydrogens (tertiary/aromatic N) is 7. The molecule has 11 heteroatoms. The minimum absolute atomic E-state index is 0.0476. The Hall–Kier alpha value is -3.98. The Labute approximate surface area is 168 Å². The molecule has 0 saturated heterocycles. The van der Waals surface area contributed by atoms with Crippen LogP contribution in [-0.2, 0) is 6.61 Å². The van der Waals surface area contributed by atoms with Gasteiger partial charge >= 0.3 is 0 Å². The van der Waals surface area contributed by atoms with Crippen molar-refractivity contribution in [1.82, 2.24) is 30.2 Å². The summed E-state index contributed by atoms with van der Waals surface area (Å²) in [5.74, 6) is 0.502. The second-order valence-corrected chi connectivity index (χ2v) is 6.16. The quantitative estimate of drug-likeness (QED) is 0.572. The Balaban J connectivity index is 1.48. The molecule has 0 saturated carbocycles. The van der Waals surface area contributed by atoms with Gasteiger partial charge in [0.05, 0.1) is 11.9 Å². The Morgan fingerprint density at radius 2 is 1.93 bits per heavy atom. The number of hydrogen-bond acceptors (Lipinski definition) is 7. The predicted molar refractivity (Wildman–Crippen MR) is 99.5 cm³/mol. The number of rotatable bonds is 6. The maximum atomic E-state index is 13.3. The largest absolute Gasteiger partial charge is 0.470 e. The zero-order chi connectivity index (χ0) is 21.1. The van der Waals surface area contributed by atoms with Gasteiger partial charge in [0, 0.05) is 30.1 Å². The van der Waals surface area contributed by atoms with Crippen LogP contribution in [0.1, 0.15) is 23.4 Å². The number of halogens is 3. The zero-order valence-corrected chi connectivity index (χ0v) is 15.6. The number of alkyl halides is 2. The maximum absolute atomic E-state index is 13.3. The van der Waals surface area contributed by atoms with Crippen molar-refractivity contribution in [2.75, 3.05) is 4.90 Å². The lowest BCUT2D eigenvalue weighted by molar-refractivity contribution is 0.151. The van der Waals surface area contributed by atoms with Crippen LogP contribution >= 0.6 is 0 Å². The van der Waals surface area contributed by atoms with E-state index in [0.29, 0.717) is 23.0 Å². The second kappa shape index (κ2) is 8.18. The lowest BCUT2D eigenvalue weighted by Crippen LogP contribution is -2.12. The van der Waals surface area contributed by atoms with Crippen molar-refractivity contribution < 1.29 is 17.9 Å². The van der Waals surface area contributed by atoms with Crippen LogP contribution in [0.15, 0.2) is 60.5 Å². The van der Waals surface area contributed by atoms with Crippen molar-refractivity contribution >= 4 is 5.82 Å². The van der Waals surface area contributed by atoms with E-state index in [1.165, 1.54) is 40.2 Å². The van der Waals surface area contributed by atoms with Crippen LogP contribution in [0.3, 0.4) is 0 Å². The van der Waals surface area contributed by atoms with Gasteiger partial charge in [0.25, 0.3) is 6.43 Å². The van der Waals surface area contributed by atoms with Gasteiger partial charge in [-0.05, 0) is 25.1 Å². The number of anilines is 1. The topological polar surface area (TPSA) is 81.9 Å². The number of aromatic nitrogens is 6. The molecule has 30 heavy (non-hydrogen) atoms. The molecule has 0 atom stereocenters. The van der Waals surface area contributed by atoms with E-state index < -0.39 is 12.3 Å². The first-order valence-corrected chi connectivity index (χ1v) is 8.72. The molecule has 152 valence electrons. The highest BCUT2D eigenvalue weighted by Crippen LogP contribution is 2.21. The molecule has 1 aliphatic rings. The van der Waals surface area contributed by atoms with Crippen LogP contribution in [0, 0.1) is 6.92 Å². The summed E-state index contributed by atoms with van der Waals surface area (Å²) in [6.07, 6.45) is 2.47. The molecule has 3 aromatic rings. The summed E-state index contributed by atoms with van der Waals surface area (Å²) in [5.41, 5.74) is 3.63. The molecule has 0 fully saturated rings. The summed E-state index contributed by atoms with van der Waals surface area (Å²) >= 11 is 0. The summed E-state index contributed by atoms with van der Waals surface area (Å²) in [6, 6.07) is 5.91. The van der Waals surface area contributed by atoms with E-state index in [1.54, 1.807) is 19.1 Å². The summed E-state index contributed by atoms with van der Waals surface area (Å²) in [7, 11) is 0. The third-order valence-corrected chi connectivity index (χ3v) is 4.14. The van der Waals surface area contributed by atoms with Crippen LogP contribution in [0.25, 0.3) is 5.82 Å². The van der Waals surface area contributed by atoms with E-state index in [2.05, 4.69) is 31.2 Å². The Bertz CT molecular complexity index is 1130. The first-order chi connectivity index (χ1) is 14.5. The molecule has 1 aliphatic heterocycles. The molecule has 0 spiro atoms. The lowest BCUT2D eigenvalue weighted by Gasteiger charge is -2.14. The highest BCUT2D eigenvalue weighted by molar-refractivity contribution is 5.48. The van der Waals surface area contributed by atoms with E-state index in [1.807, 2.05) is 0 Å². The SMILES string of the molecule is Cc1nnn(-c2ccc(C(F)F)cn2)c1COc1ccc(N2C=C=CC(F)=C2)nn1. The summed E-state index contributed by atoms with van der Waals surface area (Å²) < 4.78 is 45.8. The average Bonchev–Trinajstić information content (AvgIpc) is 3.13. The molecule has 0 amide bonds. The molecule has 0 aliphatic carbocycles.